The van der Waals surface area contributed by atoms with Crippen LogP contribution in [0.1, 0.15) is 17.2 Å². The molecule has 64 valence electrons. The second-order valence-electron chi connectivity index (χ2n) is 2.63. The normalized spacial score (nSPS) is 12.5. The Morgan fingerprint density at radius 3 is 2.33 bits per heavy atom. The molecule has 0 amide bonds. The Bertz CT molecular complexity index is 276. The van der Waals surface area contributed by atoms with E-state index in [1.165, 1.54) is 0 Å². The van der Waals surface area contributed by atoms with Gasteiger partial charge in [-0.2, -0.15) is 0 Å². The van der Waals surface area contributed by atoms with E-state index in [2.05, 4.69) is 0 Å². The molecule has 0 saturated heterocycles. The molecule has 0 radical (unpaired) electrons. The van der Waals surface area contributed by atoms with Crippen molar-refractivity contribution in [2.75, 3.05) is 0 Å². The van der Waals surface area contributed by atoms with Gasteiger partial charge in [-0.05, 0) is 12.5 Å². The quantitative estimate of drug-likeness (QED) is 0.659. The minimum Gasteiger partial charge on any atom is -0.547 e. The lowest BCUT2D eigenvalue weighted by molar-refractivity contribution is -0.315. The standard InChI is InChI=1S/C9H10O3/c1-6-2-4-7(5-3-6)8(10)9(11)12/h2-5,8,10H,1H3,(H,11,12)/p-1/t8-/m1/s1. The Morgan fingerprint density at radius 2 is 1.92 bits per heavy atom. The fraction of sp³-hybridized carbons (Fsp3) is 0.222. The van der Waals surface area contributed by atoms with Gasteiger partial charge in [-0.3, -0.25) is 0 Å². The summed E-state index contributed by atoms with van der Waals surface area (Å²) in [5.74, 6) is -1.47. The monoisotopic (exact) mass is 165 g/mol. The number of benzene rings is 1. The zero-order chi connectivity index (χ0) is 9.14. The lowest BCUT2D eigenvalue weighted by Gasteiger charge is -2.11. The van der Waals surface area contributed by atoms with E-state index in [-0.39, 0.29) is 0 Å². The van der Waals surface area contributed by atoms with Crippen molar-refractivity contribution in [3.8, 4) is 0 Å². The first kappa shape index (κ1) is 8.74. The first-order valence-corrected chi connectivity index (χ1v) is 3.57. The molecule has 0 aliphatic carbocycles. The molecule has 1 aromatic carbocycles. The Morgan fingerprint density at radius 1 is 1.42 bits per heavy atom. The lowest BCUT2D eigenvalue weighted by atomic mass is 10.1. The van der Waals surface area contributed by atoms with Gasteiger partial charge in [0.25, 0.3) is 0 Å². The van der Waals surface area contributed by atoms with Crippen LogP contribution in [-0.2, 0) is 4.79 Å². The van der Waals surface area contributed by atoms with Crippen molar-refractivity contribution >= 4 is 5.97 Å². The van der Waals surface area contributed by atoms with Crippen LogP contribution >= 0.6 is 0 Å². The molecule has 12 heavy (non-hydrogen) atoms. The van der Waals surface area contributed by atoms with Gasteiger partial charge in [0.1, 0.15) is 6.10 Å². The van der Waals surface area contributed by atoms with Crippen LogP contribution in [0.3, 0.4) is 0 Å². The van der Waals surface area contributed by atoms with Crippen LogP contribution in [0.2, 0.25) is 0 Å². The van der Waals surface area contributed by atoms with Crippen molar-refractivity contribution in [1.29, 1.82) is 0 Å². The van der Waals surface area contributed by atoms with E-state index < -0.39 is 12.1 Å². The summed E-state index contributed by atoms with van der Waals surface area (Å²) in [4.78, 5) is 10.2. The van der Waals surface area contributed by atoms with Gasteiger partial charge in [0, 0.05) is 0 Å². The average Bonchev–Trinajstić information content (AvgIpc) is 2.04. The third-order valence-corrected chi connectivity index (χ3v) is 1.62. The highest BCUT2D eigenvalue weighted by atomic mass is 16.4. The summed E-state index contributed by atoms with van der Waals surface area (Å²) >= 11 is 0. The number of carboxylic acids is 1. The van der Waals surface area contributed by atoms with E-state index in [0.717, 1.165) is 5.56 Å². The maximum atomic E-state index is 10.2. The summed E-state index contributed by atoms with van der Waals surface area (Å²) in [5, 5.41) is 19.3. The Labute approximate surface area is 70.3 Å². The van der Waals surface area contributed by atoms with Gasteiger partial charge >= 0.3 is 0 Å². The molecule has 0 aliphatic heterocycles. The third kappa shape index (κ3) is 1.83. The molecule has 3 nitrogen and oxygen atoms in total. The molecule has 0 heterocycles. The molecule has 1 atom stereocenters. The molecule has 0 unspecified atom stereocenters. The molecule has 1 aromatic rings. The number of aliphatic hydroxyl groups excluding tert-OH is 1. The van der Waals surface area contributed by atoms with Crippen molar-refractivity contribution in [3.05, 3.63) is 35.4 Å². The maximum absolute atomic E-state index is 10.2. The van der Waals surface area contributed by atoms with Crippen molar-refractivity contribution in [2.24, 2.45) is 0 Å². The molecule has 0 aliphatic rings. The molecule has 0 aromatic heterocycles. The first-order valence-electron chi connectivity index (χ1n) is 3.57. The number of hydrogen-bond acceptors (Lipinski definition) is 3. The fourth-order valence-electron chi connectivity index (χ4n) is 0.885. The number of carbonyl (C=O) groups is 1. The summed E-state index contributed by atoms with van der Waals surface area (Å²) in [6.45, 7) is 1.88. The van der Waals surface area contributed by atoms with Gasteiger partial charge in [-0.25, -0.2) is 0 Å². The lowest BCUT2D eigenvalue weighted by Crippen LogP contribution is -2.29. The van der Waals surface area contributed by atoms with Gasteiger partial charge in [-0.1, -0.05) is 29.8 Å². The summed E-state index contributed by atoms with van der Waals surface area (Å²) < 4.78 is 0. The maximum Gasteiger partial charge on any atom is 0.118 e. The summed E-state index contributed by atoms with van der Waals surface area (Å²) in [6.07, 6.45) is -1.52. The van der Waals surface area contributed by atoms with Crippen molar-refractivity contribution in [1.82, 2.24) is 0 Å². The molecule has 3 heteroatoms. The predicted octanol–water partition coefficient (Wildman–Crippen LogP) is -0.222. The average molecular weight is 165 g/mol. The van der Waals surface area contributed by atoms with Crippen LogP contribution in [0.15, 0.2) is 24.3 Å². The number of hydrogen-bond donors (Lipinski definition) is 1. The molecule has 0 fully saturated rings. The Hall–Kier alpha value is -1.35. The van der Waals surface area contributed by atoms with Gasteiger partial charge in [-0.15, -0.1) is 0 Å². The zero-order valence-electron chi connectivity index (χ0n) is 6.65. The number of rotatable bonds is 2. The number of carbonyl (C=O) groups excluding carboxylic acids is 1. The second kappa shape index (κ2) is 3.36. The fourth-order valence-corrected chi connectivity index (χ4v) is 0.885. The van der Waals surface area contributed by atoms with Crippen LogP contribution in [0.5, 0.6) is 0 Å². The van der Waals surface area contributed by atoms with E-state index >= 15 is 0 Å². The number of carboxylic acid groups (broad SMARTS) is 1. The number of aliphatic carboxylic acids is 1. The van der Waals surface area contributed by atoms with E-state index in [4.69, 9.17) is 5.11 Å². The molecule has 0 saturated carbocycles. The van der Waals surface area contributed by atoms with Crippen LogP contribution in [0.25, 0.3) is 0 Å². The van der Waals surface area contributed by atoms with Crippen LogP contribution in [0, 0.1) is 6.92 Å². The highest BCUT2D eigenvalue weighted by Gasteiger charge is 2.06. The summed E-state index contributed by atoms with van der Waals surface area (Å²) in [7, 11) is 0. The van der Waals surface area contributed by atoms with Gasteiger partial charge < -0.3 is 15.0 Å². The third-order valence-electron chi connectivity index (χ3n) is 1.62. The van der Waals surface area contributed by atoms with E-state index in [0.29, 0.717) is 5.56 Å². The highest BCUT2D eigenvalue weighted by Crippen LogP contribution is 2.12. The second-order valence-corrected chi connectivity index (χ2v) is 2.63. The van der Waals surface area contributed by atoms with E-state index in [9.17, 15) is 9.90 Å². The van der Waals surface area contributed by atoms with Crippen LogP contribution in [-0.4, -0.2) is 11.1 Å². The van der Waals surface area contributed by atoms with Crippen molar-refractivity contribution < 1.29 is 15.0 Å². The molecule has 0 bridgehead atoms. The Balaban J connectivity index is 2.89. The van der Waals surface area contributed by atoms with E-state index in [1.807, 2.05) is 6.92 Å². The minimum absolute atomic E-state index is 0.348. The summed E-state index contributed by atoms with van der Waals surface area (Å²) in [6, 6.07) is 6.61. The zero-order valence-corrected chi connectivity index (χ0v) is 6.65. The first-order chi connectivity index (χ1) is 5.61. The largest absolute Gasteiger partial charge is 0.547 e. The van der Waals surface area contributed by atoms with Crippen LogP contribution < -0.4 is 5.11 Å². The molecule has 0 spiro atoms. The molecule has 1 rings (SSSR count). The highest BCUT2D eigenvalue weighted by molar-refractivity contribution is 5.71. The van der Waals surface area contributed by atoms with Gasteiger partial charge in [0.05, 0.1) is 5.97 Å². The van der Waals surface area contributed by atoms with Gasteiger partial charge in [0.2, 0.25) is 0 Å². The SMILES string of the molecule is Cc1ccc([C@@H](O)C(=O)[O-])cc1. The van der Waals surface area contributed by atoms with Crippen molar-refractivity contribution in [2.45, 2.75) is 13.0 Å². The minimum atomic E-state index is -1.52. The van der Waals surface area contributed by atoms with Crippen molar-refractivity contribution in [3.63, 3.8) is 0 Å². The molecular weight excluding hydrogens is 156 g/mol. The number of aryl methyl sites for hydroxylation is 1. The topological polar surface area (TPSA) is 60.4 Å². The Kier molecular flexibility index (Phi) is 2.45. The number of aliphatic hydroxyl groups is 1. The van der Waals surface area contributed by atoms with E-state index in [1.54, 1.807) is 24.3 Å². The smallest absolute Gasteiger partial charge is 0.118 e. The molecular formula is C9H9O3-. The summed E-state index contributed by atoms with van der Waals surface area (Å²) in [5.41, 5.74) is 1.37. The molecule has 1 N–H and O–H groups in total. The van der Waals surface area contributed by atoms with Gasteiger partial charge in [0.15, 0.2) is 0 Å². The van der Waals surface area contributed by atoms with Crippen LogP contribution in [0.4, 0.5) is 0 Å². The predicted molar refractivity (Wildman–Crippen MR) is 41.1 cm³/mol.